The van der Waals surface area contributed by atoms with Crippen molar-refractivity contribution >= 4 is 15.9 Å². The topological polar surface area (TPSA) is 78.5 Å². The van der Waals surface area contributed by atoms with Gasteiger partial charge < -0.3 is 10.2 Å². The molecule has 0 saturated carbocycles. The molecule has 0 radical (unpaired) electrons. The van der Waals surface area contributed by atoms with Gasteiger partial charge in [0.15, 0.2) is 0 Å². The van der Waals surface area contributed by atoms with Gasteiger partial charge in [-0.2, -0.15) is 4.72 Å². The quantitative estimate of drug-likeness (QED) is 0.791. The van der Waals surface area contributed by atoms with Crippen LogP contribution in [0.5, 0.6) is 0 Å². The Bertz CT molecular complexity index is 701. The number of nitrogens with zero attached hydrogens (tertiary/aromatic N) is 1. The number of halogens is 1. The molecule has 0 aliphatic carbocycles. The number of amides is 1. The Kier molecular flexibility index (Phi) is 6.53. The van der Waals surface area contributed by atoms with Crippen molar-refractivity contribution < 1.29 is 17.6 Å². The number of carbonyl (C=O) groups is 1. The van der Waals surface area contributed by atoms with Crippen molar-refractivity contribution in [2.24, 2.45) is 5.92 Å². The lowest BCUT2D eigenvalue weighted by molar-refractivity contribution is -0.135. The molecule has 25 heavy (non-hydrogen) atoms. The molecule has 1 fully saturated rings. The van der Waals surface area contributed by atoms with Gasteiger partial charge in [0, 0.05) is 19.1 Å². The molecule has 1 unspecified atom stereocenters. The van der Waals surface area contributed by atoms with Crippen molar-refractivity contribution in [1.82, 2.24) is 14.9 Å². The van der Waals surface area contributed by atoms with Crippen molar-refractivity contribution in [2.75, 3.05) is 20.1 Å². The predicted octanol–water partition coefficient (Wildman–Crippen LogP) is 1.34. The fraction of sp³-hybridized carbons (Fsp3) is 0.588. The average molecular weight is 371 g/mol. The second-order valence-corrected chi connectivity index (χ2v) is 8.34. The Hall–Kier alpha value is -1.51. The van der Waals surface area contributed by atoms with Crippen molar-refractivity contribution in [2.45, 2.75) is 43.7 Å². The SMILES string of the molecule is CNC1CCN(C(=O)C(NS(=O)(=O)c2ccccc2F)C(C)C)CC1. The van der Waals surface area contributed by atoms with Crippen LogP contribution in [0, 0.1) is 11.7 Å². The van der Waals surface area contributed by atoms with Crippen LogP contribution < -0.4 is 10.0 Å². The maximum absolute atomic E-state index is 13.9. The number of nitrogens with one attached hydrogen (secondary N) is 2. The van der Waals surface area contributed by atoms with E-state index in [0.717, 1.165) is 18.9 Å². The molecule has 1 aliphatic heterocycles. The number of benzene rings is 1. The van der Waals surface area contributed by atoms with Crippen molar-refractivity contribution in [1.29, 1.82) is 0 Å². The minimum atomic E-state index is -4.12. The van der Waals surface area contributed by atoms with Gasteiger partial charge in [0.2, 0.25) is 15.9 Å². The highest BCUT2D eigenvalue weighted by molar-refractivity contribution is 7.89. The Labute approximate surface area is 148 Å². The second kappa shape index (κ2) is 8.25. The summed E-state index contributed by atoms with van der Waals surface area (Å²) in [6.45, 7) is 4.70. The first kappa shape index (κ1) is 19.8. The Balaban J connectivity index is 2.16. The largest absolute Gasteiger partial charge is 0.341 e. The third-order valence-electron chi connectivity index (χ3n) is 4.56. The van der Waals surface area contributed by atoms with E-state index in [1.54, 1.807) is 18.7 Å². The molecule has 1 atom stereocenters. The summed E-state index contributed by atoms with van der Waals surface area (Å²) in [7, 11) is -2.23. The van der Waals surface area contributed by atoms with Gasteiger partial charge in [0.25, 0.3) is 0 Å². The summed E-state index contributed by atoms with van der Waals surface area (Å²) >= 11 is 0. The first-order chi connectivity index (χ1) is 11.8. The third kappa shape index (κ3) is 4.77. The highest BCUT2D eigenvalue weighted by Gasteiger charge is 2.33. The number of hydrogen-bond donors (Lipinski definition) is 2. The smallest absolute Gasteiger partial charge is 0.244 e. The van der Waals surface area contributed by atoms with E-state index in [9.17, 15) is 17.6 Å². The van der Waals surface area contributed by atoms with E-state index in [1.165, 1.54) is 18.2 Å². The Morgan fingerprint density at radius 2 is 1.84 bits per heavy atom. The molecule has 2 N–H and O–H groups in total. The third-order valence-corrected chi connectivity index (χ3v) is 6.03. The fourth-order valence-corrected chi connectivity index (χ4v) is 4.37. The van der Waals surface area contributed by atoms with E-state index < -0.39 is 26.8 Å². The standard InChI is InChI=1S/C17H26FN3O3S/c1-12(2)16(17(22)21-10-8-13(19-3)9-11-21)20-25(23,24)15-7-5-4-6-14(15)18/h4-7,12-13,16,19-20H,8-11H2,1-3H3. The van der Waals surface area contributed by atoms with E-state index in [4.69, 9.17) is 0 Å². The van der Waals surface area contributed by atoms with Gasteiger partial charge in [-0.1, -0.05) is 26.0 Å². The number of likely N-dealkylation sites (tertiary alicyclic amines) is 1. The van der Waals surface area contributed by atoms with Crippen LogP contribution in [0.2, 0.25) is 0 Å². The molecular formula is C17H26FN3O3S. The Morgan fingerprint density at radius 1 is 1.24 bits per heavy atom. The van der Waals surface area contributed by atoms with E-state index in [-0.39, 0.29) is 11.8 Å². The van der Waals surface area contributed by atoms with Crippen molar-refractivity contribution in [3.05, 3.63) is 30.1 Å². The van der Waals surface area contributed by atoms with E-state index >= 15 is 0 Å². The minimum Gasteiger partial charge on any atom is -0.341 e. The zero-order chi connectivity index (χ0) is 18.6. The normalized spacial score (nSPS) is 17.7. The summed E-state index contributed by atoms with van der Waals surface area (Å²) in [4.78, 5) is 14.1. The van der Waals surface area contributed by atoms with Gasteiger partial charge in [-0.05, 0) is 37.9 Å². The van der Waals surface area contributed by atoms with Crippen LogP contribution in [0.3, 0.4) is 0 Å². The van der Waals surface area contributed by atoms with Gasteiger partial charge in [-0.25, -0.2) is 12.8 Å². The van der Waals surface area contributed by atoms with Crippen LogP contribution in [-0.4, -0.2) is 51.4 Å². The second-order valence-electron chi connectivity index (χ2n) is 6.66. The van der Waals surface area contributed by atoms with Crippen LogP contribution in [0.1, 0.15) is 26.7 Å². The maximum atomic E-state index is 13.9. The number of hydrogen-bond acceptors (Lipinski definition) is 4. The number of carbonyl (C=O) groups excluding carboxylic acids is 1. The molecule has 140 valence electrons. The minimum absolute atomic E-state index is 0.254. The zero-order valence-corrected chi connectivity index (χ0v) is 15.6. The van der Waals surface area contributed by atoms with Crippen LogP contribution in [0.25, 0.3) is 0 Å². The highest BCUT2D eigenvalue weighted by Crippen LogP contribution is 2.18. The fourth-order valence-electron chi connectivity index (χ4n) is 2.95. The van der Waals surface area contributed by atoms with Crippen LogP contribution in [0.4, 0.5) is 4.39 Å². The molecule has 1 saturated heterocycles. The van der Waals surface area contributed by atoms with Gasteiger partial charge >= 0.3 is 0 Å². The summed E-state index contributed by atoms with van der Waals surface area (Å²) in [5.74, 6) is -1.35. The molecule has 1 heterocycles. The van der Waals surface area contributed by atoms with E-state index in [1.807, 2.05) is 7.05 Å². The molecule has 1 aliphatic rings. The van der Waals surface area contributed by atoms with Crippen LogP contribution >= 0.6 is 0 Å². The number of rotatable bonds is 6. The molecule has 1 aromatic carbocycles. The van der Waals surface area contributed by atoms with Gasteiger partial charge in [0.1, 0.15) is 16.8 Å². The molecule has 0 bridgehead atoms. The summed E-state index contributed by atoms with van der Waals surface area (Å²) in [5.41, 5.74) is 0. The molecular weight excluding hydrogens is 345 g/mol. The molecule has 1 aromatic rings. The summed E-state index contributed by atoms with van der Waals surface area (Å²) in [5, 5.41) is 3.19. The van der Waals surface area contributed by atoms with E-state index in [0.29, 0.717) is 19.1 Å². The Morgan fingerprint density at radius 3 is 2.36 bits per heavy atom. The lowest BCUT2D eigenvalue weighted by Gasteiger charge is -2.35. The molecule has 2 rings (SSSR count). The maximum Gasteiger partial charge on any atom is 0.244 e. The van der Waals surface area contributed by atoms with Crippen LogP contribution in [-0.2, 0) is 14.8 Å². The molecule has 0 aromatic heterocycles. The molecule has 1 amide bonds. The van der Waals surface area contributed by atoms with E-state index in [2.05, 4.69) is 10.0 Å². The lowest BCUT2D eigenvalue weighted by Crippen LogP contribution is -2.54. The van der Waals surface area contributed by atoms with Crippen LogP contribution in [0.15, 0.2) is 29.2 Å². The van der Waals surface area contributed by atoms with Gasteiger partial charge in [0.05, 0.1) is 0 Å². The monoisotopic (exact) mass is 371 g/mol. The lowest BCUT2D eigenvalue weighted by atomic mass is 10.0. The number of piperidine rings is 1. The molecule has 6 nitrogen and oxygen atoms in total. The zero-order valence-electron chi connectivity index (χ0n) is 14.8. The predicted molar refractivity (Wildman–Crippen MR) is 94.0 cm³/mol. The van der Waals surface area contributed by atoms with Gasteiger partial charge in [-0.15, -0.1) is 0 Å². The van der Waals surface area contributed by atoms with Crippen molar-refractivity contribution in [3.63, 3.8) is 0 Å². The molecule has 0 spiro atoms. The first-order valence-corrected chi connectivity index (χ1v) is 9.97. The summed E-state index contributed by atoms with van der Waals surface area (Å²) in [6.07, 6.45) is 1.65. The summed E-state index contributed by atoms with van der Waals surface area (Å²) < 4.78 is 41.3. The van der Waals surface area contributed by atoms with Crippen molar-refractivity contribution in [3.8, 4) is 0 Å². The average Bonchev–Trinajstić information content (AvgIpc) is 2.59. The first-order valence-electron chi connectivity index (χ1n) is 8.49. The molecule has 8 heteroatoms. The number of sulfonamides is 1. The van der Waals surface area contributed by atoms with Gasteiger partial charge in [-0.3, -0.25) is 4.79 Å². The highest BCUT2D eigenvalue weighted by atomic mass is 32.2. The summed E-state index contributed by atoms with van der Waals surface area (Å²) in [6, 6.07) is 4.60.